The van der Waals surface area contributed by atoms with E-state index in [1.165, 1.54) is 21.6 Å². The molecule has 1 aromatic carbocycles. The minimum absolute atomic E-state index is 0.802. The molecule has 0 saturated carbocycles. The molecule has 0 aliphatic heterocycles. The molecule has 108 valence electrons. The normalized spacial score (nSPS) is 11.1. The van der Waals surface area contributed by atoms with Crippen molar-refractivity contribution in [1.82, 2.24) is 9.97 Å². The molecule has 0 aliphatic rings. The monoisotopic (exact) mass is 297 g/mol. The summed E-state index contributed by atoms with van der Waals surface area (Å²) in [6.07, 6.45) is 0. The lowest BCUT2D eigenvalue weighted by Gasteiger charge is -2.12. The molecule has 0 saturated heterocycles. The Morgan fingerprint density at radius 2 is 1.76 bits per heavy atom. The Bertz CT molecular complexity index is 834. The predicted octanol–water partition coefficient (Wildman–Crippen LogP) is 4.98. The van der Waals surface area contributed by atoms with Crippen molar-refractivity contribution in [2.45, 2.75) is 34.6 Å². The highest BCUT2D eigenvalue weighted by atomic mass is 32.1. The Kier molecular flexibility index (Phi) is 3.41. The molecule has 0 bridgehead atoms. The van der Waals surface area contributed by atoms with Crippen molar-refractivity contribution in [3.63, 3.8) is 0 Å². The molecule has 0 unspecified atom stereocenters. The maximum Gasteiger partial charge on any atom is 0.143 e. The molecular formula is C17H19N3S. The third-order valence-corrected chi connectivity index (χ3v) is 4.89. The second-order valence-corrected chi connectivity index (χ2v) is 6.73. The van der Waals surface area contributed by atoms with Gasteiger partial charge in [0.25, 0.3) is 0 Å². The lowest BCUT2D eigenvalue weighted by molar-refractivity contribution is 1.10. The summed E-state index contributed by atoms with van der Waals surface area (Å²) in [7, 11) is 0. The molecule has 0 aliphatic carbocycles. The molecule has 3 nitrogen and oxygen atoms in total. The van der Waals surface area contributed by atoms with Gasteiger partial charge in [0.1, 0.15) is 16.5 Å². The average Bonchev–Trinajstić information content (AvgIpc) is 2.69. The second kappa shape index (κ2) is 5.11. The van der Waals surface area contributed by atoms with E-state index < -0.39 is 0 Å². The molecule has 3 rings (SSSR count). The van der Waals surface area contributed by atoms with Crippen LogP contribution in [0.5, 0.6) is 0 Å². The summed E-state index contributed by atoms with van der Waals surface area (Å²) in [6.45, 7) is 10.4. The van der Waals surface area contributed by atoms with E-state index in [1.807, 2.05) is 6.92 Å². The largest absolute Gasteiger partial charge is 0.339 e. The Balaban J connectivity index is 2.18. The van der Waals surface area contributed by atoms with Crippen LogP contribution < -0.4 is 5.32 Å². The van der Waals surface area contributed by atoms with E-state index in [0.29, 0.717) is 0 Å². The van der Waals surface area contributed by atoms with E-state index in [0.717, 1.165) is 27.5 Å². The number of benzene rings is 1. The van der Waals surface area contributed by atoms with Crippen LogP contribution >= 0.6 is 11.3 Å². The lowest BCUT2D eigenvalue weighted by atomic mass is 10.1. The number of nitrogens with one attached hydrogen (secondary N) is 1. The SMILES string of the molecule is Cc1ccc(C)c(Nc2nc(C)nc3sc(C)c(C)c23)c1. The van der Waals surface area contributed by atoms with Gasteiger partial charge in [-0.2, -0.15) is 0 Å². The van der Waals surface area contributed by atoms with E-state index in [4.69, 9.17) is 0 Å². The number of hydrogen-bond donors (Lipinski definition) is 1. The van der Waals surface area contributed by atoms with Crippen LogP contribution in [0.4, 0.5) is 11.5 Å². The maximum atomic E-state index is 4.63. The first-order valence-corrected chi connectivity index (χ1v) is 7.86. The van der Waals surface area contributed by atoms with E-state index in [1.54, 1.807) is 11.3 Å². The third kappa shape index (κ3) is 2.51. The topological polar surface area (TPSA) is 37.8 Å². The minimum atomic E-state index is 0.802. The van der Waals surface area contributed by atoms with Gasteiger partial charge >= 0.3 is 0 Å². The molecule has 0 spiro atoms. The minimum Gasteiger partial charge on any atom is -0.339 e. The van der Waals surface area contributed by atoms with Gasteiger partial charge in [-0.25, -0.2) is 9.97 Å². The summed E-state index contributed by atoms with van der Waals surface area (Å²) in [4.78, 5) is 11.6. The Labute approximate surface area is 129 Å². The van der Waals surface area contributed by atoms with Gasteiger partial charge in [0.15, 0.2) is 0 Å². The van der Waals surface area contributed by atoms with Crippen LogP contribution in [0.1, 0.15) is 27.4 Å². The summed E-state index contributed by atoms with van der Waals surface area (Å²) in [5.41, 5.74) is 4.83. The molecule has 0 radical (unpaired) electrons. The van der Waals surface area contributed by atoms with Crippen LogP contribution in [0.25, 0.3) is 10.2 Å². The summed E-state index contributed by atoms with van der Waals surface area (Å²) >= 11 is 1.73. The first-order valence-electron chi connectivity index (χ1n) is 7.04. The zero-order chi connectivity index (χ0) is 15.1. The van der Waals surface area contributed by atoms with Crippen molar-refractivity contribution in [2.75, 3.05) is 5.32 Å². The summed E-state index contributed by atoms with van der Waals surface area (Å²) < 4.78 is 0. The second-order valence-electron chi connectivity index (χ2n) is 5.53. The summed E-state index contributed by atoms with van der Waals surface area (Å²) in [5.74, 6) is 1.71. The van der Waals surface area contributed by atoms with Crippen molar-refractivity contribution in [1.29, 1.82) is 0 Å². The lowest BCUT2D eigenvalue weighted by Crippen LogP contribution is -2.00. The van der Waals surface area contributed by atoms with E-state index >= 15 is 0 Å². The molecule has 3 aromatic rings. The summed E-state index contributed by atoms with van der Waals surface area (Å²) in [6, 6.07) is 6.42. The van der Waals surface area contributed by atoms with E-state index in [2.05, 4.69) is 61.2 Å². The number of anilines is 2. The van der Waals surface area contributed by atoms with Gasteiger partial charge < -0.3 is 5.32 Å². The number of aromatic nitrogens is 2. The molecule has 2 heterocycles. The number of rotatable bonds is 2. The highest BCUT2D eigenvalue weighted by molar-refractivity contribution is 7.18. The van der Waals surface area contributed by atoms with Gasteiger partial charge in [-0.1, -0.05) is 12.1 Å². The van der Waals surface area contributed by atoms with Crippen molar-refractivity contribution in [3.05, 3.63) is 45.6 Å². The van der Waals surface area contributed by atoms with Crippen molar-refractivity contribution < 1.29 is 0 Å². The molecule has 21 heavy (non-hydrogen) atoms. The molecule has 0 atom stereocenters. The first-order chi connectivity index (χ1) is 9.95. The molecule has 0 fully saturated rings. The van der Waals surface area contributed by atoms with Gasteiger partial charge in [0.05, 0.1) is 5.39 Å². The fraction of sp³-hybridized carbons (Fsp3) is 0.294. The van der Waals surface area contributed by atoms with E-state index in [-0.39, 0.29) is 0 Å². The van der Waals surface area contributed by atoms with Gasteiger partial charge in [0, 0.05) is 10.6 Å². The van der Waals surface area contributed by atoms with Crippen LogP contribution in [0.3, 0.4) is 0 Å². The van der Waals surface area contributed by atoms with Crippen LogP contribution in [-0.2, 0) is 0 Å². The number of hydrogen-bond acceptors (Lipinski definition) is 4. The maximum absolute atomic E-state index is 4.63. The number of fused-ring (bicyclic) bond motifs is 1. The van der Waals surface area contributed by atoms with Crippen molar-refractivity contribution in [3.8, 4) is 0 Å². The number of thiophene rings is 1. The number of nitrogens with zero attached hydrogens (tertiary/aromatic N) is 2. The molecule has 0 amide bonds. The highest BCUT2D eigenvalue weighted by Crippen LogP contribution is 2.35. The predicted molar refractivity (Wildman–Crippen MR) is 90.8 cm³/mol. The van der Waals surface area contributed by atoms with Crippen LogP contribution in [-0.4, -0.2) is 9.97 Å². The third-order valence-electron chi connectivity index (χ3n) is 3.79. The Hall–Kier alpha value is -1.94. The van der Waals surface area contributed by atoms with Crippen LogP contribution in [0, 0.1) is 34.6 Å². The first kappa shape index (κ1) is 14.0. The molecular weight excluding hydrogens is 278 g/mol. The molecule has 1 N–H and O–H groups in total. The standard InChI is InChI=1S/C17H19N3S/c1-9-6-7-10(2)14(8-9)20-16-15-11(3)12(4)21-17(15)19-13(5)18-16/h6-8H,1-5H3,(H,18,19,20). The van der Waals surface area contributed by atoms with E-state index in [9.17, 15) is 0 Å². The highest BCUT2D eigenvalue weighted by Gasteiger charge is 2.14. The van der Waals surface area contributed by atoms with Gasteiger partial charge in [-0.3, -0.25) is 0 Å². The fourth-order valence-electron chi connectivity index (χ4n) is 2.44. The summed E-state index contributed by atoms with van der Waals surface area (Å²) in [5, 5.41) is 4.65. The van der Waals surface area contributed by atoms with Crippen LogP contribution in [0.15, 0.2) is 18.2 Å². The smallest absolute Gasteiger partial charge is 0.143 e. The Morgan fingerprint density at radius 1 is 1.00 bits per heavy atom. The zero-order valence-corrected chi connectivity index (χ0v) is 13.9. The molecule has 2 aromatic heterocycles. The quantitative estimate of drug-likeness (QED) is 0.725. The number of aryl methyl sites for hydroxylation is 5. The van der Waals surface area contributed by atoms with Crippen molar-refractivity contribution in [2.24, 2.45) is 0 Å². The van der Waals surface area contributed by atoms with Gasteiger partial charge in [0.2, 0.25) is 0 Å². The van der Waals surface area contributed by atoms with Gasteiger partial charge in [-0.05, 0) is 57.4 Å². The zero-order valence-electron chi connectivity index (χ0n) is 13.0. The van der Waals surface area contributed by atoms with Crippen LogP contribution in [0.2, 0.25) is 0 Å². The Morgan fingerprint density at radius 3 is 2.52 bits per heavy atom. The van der Waals surface area contributed by atoms with Crippen molar-refractivity contribution >= 4 is 33.1 Å². The molecule has 4 heteroatoms. The average molecular weight is 297 g/mol. The van der Waals surface area contributed by atoms with Gasteiger partial charge in [-0.15, -0.1) is 11.3 Å². The fourth-order valence-corrected chi connectivity index (χ4v) is 3.52.